The van der Waals surface area contributed by atoms with E-state index in [-0.39, 0.29) is 6.42 Å². The molecule has 0 aliphatic heterocycles. The van der Waals surface area contributed by atoms with E-state index in [2.05, 4.69) is 10.4 Å². The van der Waals surface area contributed by atoms with Gasteiger partial charge in [-0.3, -0.25) is 4.79 Å². The summed E-state index contributed by atoms with van der Waals surface area (Å²) in [6, 6.07) is 7.08. The number of halogens is 2. The molecule has 1 heterocycles. The summed E-state index contributed by atoms with van der Waals surface area (Å²) in [5.74, 6) is -2.10. The summed E-state index contributed by atoms with van der Waals surface area (Å²) in [4.78, 5) is 22.6. The van der Waals surface area contributed by atoms with E-state index in [1.54, 1.807) is 47.4 Å². The molecule has 0 saturated heterocycles. The van der Waals surface area contributed by atoms with E-state index in [1.807, 2.05) is 0 Å². The number of rotatable bonds is 7. The summed E-state index contributed by atoms with van der Waals surface area (Å²) in [6.07, 6.45) is -0.407. The third kappa shape index (κ3) is 4.87. The first kappa shape index (κ1) is 16.6. The van der Waals surface area contributed by atoms with Gasteiger partial charge >= 0.3 is 5.97 Å². The van der Waals surface area contributed by atoms with Crippen LogP contribution in [0.1, 0.15) is 12.0 Å². The number of hydrogen-bond donors (Lipinski definition) is 2. The molecule has 1 amide bonds. The number of aliphatic carboxylic acids is 1. The lowest BCUT2D eigenvalue weighted by Gasteiger charge is -2.14. The fourth-order valence-electron chi connectivity index (χ4n) is 2.02. The van der Waals surface area contributed by atoms with Gasteiger partial charge in [0.05, 0.1) is 12.1 Å². The Hall–Kier alpha value is -2.77. The van der Waals surface area contributed by atoms with E-state index in [0.29, 0.717) is 5.56 Å². The summed E-state index contributed by atoms with van der Waals surface area (Å²) in [5, 5.41) is 15.0. The van der Waals surface area contributed by atoms with Crippen LogP contribution in [0.3, 0.4) is 0 Å². The van der Waals surface area contributed by atoms with Crippen molar-refractivity contribution in [3.63, 3.8) is 0 Å². The summed E-state index contributed by atoms with van der Waals surface area (Å²) < 4.78 is 26.2. The number of amides is 1. The molecule has 0 bridgehead atoms. The van der Waals surface area contributed by atoms with Crippen molar-refractivity contribution in [2.24, 2.45) is 0 Å². The Kier molecular flexibility index (Phi) is 5.40. The topological polar surface area (TPSA) is 84.2 Å². The second-order valence-electron chi connectivity index (χ2n) is 4.88. The van der Waals surface area contributed by atoms with E-state index in [1.165, 1.54) is 0 Å². The van der Waals surface area contributed by atoms with Crippen LogP contribution in [0.5, 0.6) is 0 Å². The zero-order chi connectivity index (χ0) is 16.8. The average molecular weight is 323 g/mol. The first-order valence-corrected chi connectivity index (χ1v) is 6.85. The quantitative estimate of drug-likeness (QED) is 0.811. The van der Waals surface area contributed by atoms with Crippen LogP contribution in [0.2, 0.25) is 0 Å². The Morgan fingerprint density at radius 1 is 1.26 bits per heavy atom. The normalized spacial score (nSPS) is 12.1. The van der Waals surface area contributed by atoms with Gasteiger partial charge in [0, 0.05) is 18.8 Å². The molecule has 0 spiro atoms. The van der Waals surface area contributed by atoms with Gasteiger partial charge in [-0.25, -0.2) is 18.3 Å². The van der Waals surface area contributed by atoms with E-state index in [0.717, 1.165) is 5.69 Å². The number of aromatic nitrogens is 2. The van der Waals surface area contributed by atoms with E-state index in [4.69, 9.17) is 5.11 Å². The van der Waals surface area contributed by atoms with Crippen molar-refractivity contribution in [1.82, 2.24) is 15.1 Å². The fourth-order valence-corrected chi connectivity index (χ4v) is 2.02. The van der Waals surface area contributed by atoms with Crippen LogP contribution in [0.25, 0.3) is 5.69 Å². The van der Waals surface area contributed by atoms with Gasteiger partial charge in [-0.2, -0.15) is 5.10 Å². The van der Waals surface area contributed by atoms with Crippen molar-refractivity contribution >= 4 is 11.9 Å². The van der Waals surface area contributed by atoms with Gasteiger partial charge in [-0.05, 0) is 23.8 Å². The van der Waals surface area contributed by atoms with Crippen LogP contribution < -0.4 is 5.32 Å². The molecule has 1 aromatic carbocycles. The summed E-state index contributed by atoms with van der Waals surface area (Å²) in [7, 11) is 0. The average Bonchev–Trinajstić information content (AvgIpc) is 3.01. The molecule has 0 aliphatic carbocycles. The zero-order valence-corrected chi connectivity index (χ0v) is 12.0. The van der Waals surface area contributed by atoms with E-state index < -0.39 is 30.8 Å². The SMILES string of the molecule is O=C(Cc1ccc(-n2cccn2)cc1)NC(CC(F)F)C(=O)O. The summed E-state index contributed by atoms with van der Waals surface area (Å²) in [5.41, 5.74) is 1.44. The molecule has 23 heavy (non-hydrogen) atoms. The number of hydrogen-bond acceptors (Lipinski definition) is 3. The summed E-state index contributed by atoms with van der Waals surface area (Å²) >= 11 is 0. The minimum atomic E-state index is -2.80. The molecule has 2 rings (SSSR count). The maximum atomic E-state index is 12.3. The number of alkyl halides is 2. The molecule has 8 heteroatoms. The Morgan fingerprint density at radius 3 is 2.48 bits per heavy atom. The molecule has 1 unspecified atom stereocenters. The molecular formula is C15H15F2N3O3. The number of benzene rings is 1. The largest absolute Gasteiger partial charge is 0.480 e. The number of nitrogens with zero attached hydrogens (tertiary/aromatic N) is 2. The molecule has 1 atom stereocenters. The Balaban J connectivity index is 1.95. The van der Waals surface area contributed by atoms with Gasteiger partial charge in [0.25, 0.3) is 0 Å². The van der Waals surface area contributed by atoms with Crippen molar-refractivity contribution in [3.05, 3.63) is 48.3 Å². The molecule has 0 saturated carbocycles. The third-order valence-electron chi connectivity index (χ3n) is 3.12. The second-order valence-corrected chi connectivity index (χ2v) is 4.88. The number of nitrogens with one attached hydrogen (secondary N) is 1. The Bertz CT molecular complexity index is 657. The predicted molar refractivity (Wildman–Crippen MR) is 77.5 cm³/mol. The van der Waals surface area contributed by atoms with Crippen LogP contribution >= 0.6 is 0 Å². The summed E-state index contributed by atoms with van der Waals surface area (Å²) in [6.45, 7) is 0. The molecule has 122 valence electrons. The first-order valence-electron chi connectivity index (χ1n) is 6.85. The van der Waals surface area contributed by atoms with Crippen LogP contribution in [0.15, 0.2) is 42.7 Å². The molecule has 2 aromatic rings. The zero-order valence-electron chi connectivity index (χ0n) is 12.0. The molecule has 2 N–H and O–H groups in total. The molecular weight excluding hydrogens is 308 g/mol. The molecule has 0 aliphatic rings. The third-order valence-corrected chi connectivity index (χ3v) is 3.12. The van der Waals surface area contributed by atoms with Gasteiger partial charge in [0.1, 0.15) is 6.04 Å². The van der Waals surface area contributed by atoms with Gasteiger partial charge < -0.3 is 10.4 Å². The van der Waals surface area contributed by atoms with Crippen LogP contribution in [-0.4, -0.2) is 39.2 Å². The van der Waals surface area contributed by atoms with Crippen molar-refractivity contribution in [2.75, 3.05) is 0 Å². The minimum Gasteiger partial charge on any atom is -0.480 e. The number of carbonyl (C=O) groups is 2. The van der Waals surface area contributed by atoms with E-state index >= 15 is 0 Å². The maximum Gasteiger partial charge on any atom is 0.326 e. The fraction of sp³-hybridized carbons (Fsp3) is 0.267. The van der Waals surface area contributed by atoms with Gasteiger partial charge in [-0.15, -0.1) is 0 Å². The Labute approximate surface area is 130 Å². The van der Waals surface area contributed by atoms with Crippen LogP contribution in [0.4, 0.5) is 8.78 Å². The second kappa shape index (κ2) is 7.48. The highest BCUT2D eigenvalue weighted by molar-refractivity contribution is 5.84. The number of carbonyl (C=O) groups excluding carboxylic acids is 1. The maximum absolute atomic E-state index is 12.3. The molecule has 0 radical (unpaired) electrons. The van der Waals surface area contributed by atoms with E-state index in [9.17, 15) is 18.4 Å². The molecule has 1 aromatic heterocycles. The molecule has 0 fully saturated rings. The number of carboxylic acids is 1. The van der Waals surface area contributed by atoms with Crippen molar-refractivity contribution in [1.29, 1.82) is 0 Å². The van der Waals surface area contributed by atoms with Gasteiger partial charge in [-0.1, -0.05) is 12.1 Å². The highest BCUT2D eigenvalue weighted by atomic mass is 19.3. The van der Waals surface area contributed by atoms with Crippen molar-refractivity contribution in [3.8, 4) is 5.69 Å². The highest BCUT2D eigenvalue weighted by Crippen LogP contribution is 2.10. The van der Waals surface area contributed by atoms with Crippen LogP contribution in [-0.2, 0) is 16.0 Å². The monoisotopic (exact) mass is 323 g/mol. The lowest BCUT2D eigenvalue weighted by atomic mass is 10.1. The van der Waals surface area contributed by atoms with Gasteiger partial charge in [0.2, 0.25) is 12.3 Å². The lowest BCUT2D eigenvalue weighted by molar-refractivity contribution is -0.142. The highest BCUT2D eigenvalue weighted by Gasteiger charge is 2.24. The first-order chi connectivity index (χ1) is 11.0. The van der Waals surface area contributed by atoms with Crippen LogP contribution in [0, 0.1) is 0 Å². The van der Waals surface area contributed by atoms with Crippen molar-refractivity contribution in [2.45, 2.75) is 25.3 Å². The smallest absolute Gasteiger partial charge is 0.326 e. The van der Waals surface area contributed by atoms with Crippen molar-refractivity contribution < 1.29 is 23.5 Å². The molecule has 6 nitrogen and oxygen atoms in total. The number of carboxylic acid groups (broad SMARTS) is 1. The Morgan fingerprint density at radius 2 is 1.96 bits per heavy atom. The minimum absolute atomic E-state index is 0.0909. The lowest BCUT2D eigenvalue weighted by Crippen LogP contribution is -2.42. The predicted octanol–water partition coefficient (Wildman–Crippen LogP) is 1.64. The standard InChI is InChI=1S/C15H15F2N3O3/c16-13(17)9-12(15(22)23)19-14(21)8-10-2-4-11(5-3-10)20-7-1-6-18-20/h1-7,12-13H,8-9H2,(H,19,21)(H,22,23). The van der Waals surface area contributed by atoms with Gasteiger partial charge in [0.15, 0.2) is 0 Å².